The molecule has 0 N–H and O–H groups in total. The third-order valence-electron chi connectivity index (χ3n) is 3.57. The fraction of sp³-hybridized carbons (Fsp3) is 0.111. The van der Waals surface area contributed by atoms with Gasteiger partial charge in [0.25, 0.3) is 0 Å². The Labute approximate surface area is 137 Å². The first kappa shape index (κ1) is 14.4. The Balaban J connectivity index is 2.14. The number of halogens is 2. The highest BCUT2D eigenvalue weighted by Crippen LogP contribution is 2.38. The van der Waals surface area contributed by atoms with Crippen LogP contribution in [-0.4, -0.2) is 7.11 Å². The van der Waals surface area contributed by atoms with Gasteiger partial charge in [-0.15, -0.1) is 0 Å². The largest absolute Gasteiger partial charge is 0.496 e. The molecule has 0 spiro atoms. The molecule has 0 aliphatic heterocycles. The normalized spacial score (nSPS) is 12.3. The van der Waals surface area contributed by atoms with Crippen molar-refractivity contribution in [2.45, 2.75) is 4.83 Å². The van der Waals surface area contributed by atoms with Crippen molar-refractivity contribution >= 4 is 38.3 Å². The highest BCUT2D eigenvalue weighted by atomic mass is 79.9. The topological polar surface area (TPSA) is 9.23 Å². The summed E-state index contributed by atoms with van der Waals surface area (Å²) in [5.74, 6) is 0.894. The van der Waals surface area contributed by atoms with Crippen LogP contribution in [-0.2, 0) is 0 Å². The molecule has 0 heterocycles. The third-order valence-corrected chi connectivity index (χ3v) is 4.85. The summed E-state index contributed by atoms with van der Waals surface area (Å²) in [6.45, 7) is 0. The van der Waals surface area contributed by atoms with Gasteiger partial charge in [0.2, 0.25) is 0 Å². The maximum Gasteiger partial charge on any atom is 0.126 e. The van der Waals surface area contributed by atoms with Gasteiger partial charge in [0.1, 0.15) is 5.75 Å². The Morgan fingerprint density at radius 2 is 1.57 bits per heavy atom. The molecule has 0 saturated carbocycles. The molecular weight excluding hydrogens is 348 g/mol. The van der Waals surface area contributed by atoms with Gasteiger partial charge < -0.3 is 4.74 Å². The maximum atomic E-state index is 5.97. The zero-order valence-corrected chi connectivity index (χ0v) is 13.9. The molecule has 3 heteroatoms. The van der Waals surface area contributed by atoms with E-state index in [1.807, 2.05) is 42.5 Å². The quantitative estimate of drug-likeness (QED) is 0.521. The van der Waals surface area contributed by atoms with E-state index >= 15 is 0 Å². The van der Waals surface area contributed by atoms with Crippen molar-refractivity contribution in [3.63, 3.8) is 0 Å². The van der Waals surface area contributed by atoms with E-state index in [1.165, 1.54) is 16.5 Å². The standard InChI is InChI=1S/C18H14BrClO/c1-21-17-11-10-16(14-4-2-3-5-15(14)17)18(19)12-6-8-13(20)9-7-12/h2-11,18H,1H3. The molecule has 3 rings (SSSR count). The molecule has 1 nitrogen and oxygen atoms in total. The van der Waals surface area contributed by atoms with Crippen molar-refractivity contribution in [1.29, 1.82) is 0 Å². The molecule has 0 aliphatic carbocycles. The summed E-state index contributed by atoms with van der Waals surface area (Å²) in [6.07, 6.45) is 0. The molecule has 1 unspecified atom stereocenters. The summed E-state index contributed by atoms with van der Waals surface area (Å²) in [5, 5.41) is 3.06. The molecule has 0 saturated heterocycles. The van der Waals surface area contributed by atoms with E-state index in [0.717, 1.165) is 16.2 Å². The molecule has 0 radical (unpaired) electrons. The lowest BCUT2D eigenvalue weighted by molar-refractivity contribution is 0.419. The van der Waals surface area contributed by atoms with Gasteiger partial charge in [-0.2, -0.15) is 0 Å². The van der Waals surface area contributed by atoms with Gasteiger partial charge in [-0.3, -0.25) is 0 Å². The van der Waals surface area contributed by atoms with Gasteiger partial charge in [-0.25, -0.2) is 0 Å². The molecule has 0 aliphatic rings. The minimum absolute atomic E-state index is 0.116. The number of benzene rings is 3. The molecular formula is C18H14BrClO. The number of ether oxygens (including phenoxy) is 1. The van der Waals surface area contributed by atoms with Gasteiger partial charge >= 0.3 is 0 Å². The number of fused-ring (bicyclic) bond motifs is 1. The fourth-order valence-corrected chi connectivity index (χ4v) is 3.34. The van der Waals surface area contributed by atoms with Crippen LogP contribution in [0.1, 0.15) is 16.0 Å². The van der Waals surface area contributed by atoms with Gasteiger partial charge in [0.15, 0.2) is 0 Å². The van der Waals surface area contributed by atoms with Gasteiger partial charge in [0, 0.05) is 10.4 Å². The second-order valence-corrected chi connectivity index (χ2v) is 6.17. The highest BCUT2D eigenvalue weighted by molar-refractivity contribution is 9.09. The number of methoxy groups -OCH3 is 1. The lowest BCUT2D eigenvalue weighted by Crippen LogP contribution is -1.95. The zero-order valence-electron chi connectivity index (χ0n) is 11.5. The average molecular weight is 362 g/mol. The Bertz CT molecular complexity index is 768. The van der Waals surface area contributed by atoms with Crippen LogP contribution in [0.2, 0.25) is 5.02 Å². The summed E-state index contributed by atoms with van der Waals surface area (Å²) < 4.78 is 5.45. The molecule has 0 fully saturated rings. The van der Waals surface area contributed by atoms with Crippen molar-refractivity contribution < 1.29 is 4.74 Å². The predicted molar refractivity (Wildman–Crippen MR) is 92.7 cm³/mol. The summed E-state index contributed by atoms with van der Waals surface area (Å²) in [7, 11) is 1.70. The smallest absolute Gasteiger partial charge is 0.126 e. The van der Waals surface area contributed by atoms with Crippen LogP contribution in [0, 0.1) is 0 Å². The molecule has 106 valence electrons. The number of alkyl halides is 1. The minimum Gasteiger partial charge on any atom is -0.496 e. The fourth-order valence-electron chi connectivity index (χ4n) is 2.51. The van der Waals surface area contributed by atoms with Crippen LogP contribution < -0.4 is 4.74 Å². The second kappa shape index (κ2) is 6.08. The van der Waals surface area contributed by atoms with E-state index < -0.39 is 0 Å². The van der Waals surface area contributed by atoms with Crippen LogP contribution in [0.3, 0.4) is 0 Å². The predicted octanol–water partition coefficient (Wildman–Crippen LogP) is 5.99. The highest BCUT2D eigenvalue weighted by Gasteiger charge is 2.15. The van der Waals surface area contributed by atoms with Gasteiger partial charge in [-0.1, -0.05) is 70.0 Å². The van der Waals surface area contributed by atoms with E-state index in [4.69, 9.17) is 16.3 Å². The first-order chi connectivity index (χ1) is 10.2. The first-order valence-corrected chi connectivity index (χ1v) is 7.95. The van der Waals surface area contributed by atoms with Gasteiger partial charge in [0.05, 0.1) is 11.9 Å². The number of hydrogen-bond acceptors (Lipinski definition) is 1. The Morgan fingerprint density at radius 3 is 2.24 bits per heavy atom. The molecule has 3 aromatic carbocycles. The molecule has 21 heavy (non-hydrogen) atoms. The van der Waals surface area contributed by atoms with Crippen LogP contribution in [0.4, 0.5) is 0 Å². The van der Waals surface area contributed by atoms with E-state index in [9.17, 15) is 0 Å². The van der Waals surface area contributed by atoms with Crippen molar-refractivity contribution in [1.82, 2.24) is 0 Å². The average Bonchev–Trinajstić information content (AvgIpc) is 2.54. The number of hydrogen-bond donors (Lipinski definition) is 0. The van der Waals surface area contributed by atoms with Crippen LogP contribution in [0.15, 0.2) is 60.7 Å². The number of rotatable bonds is 3. The Kier molecular flexibility index (Phi) is 4.18. The molecule has 3 aromatic rings. The van der Waals surface area contributed by atoms with E-state index in [2.05, 4.69) is 34.1 Å². The molecule has 0 aromatic heterocycles. The lowest BCUT2D eigenvalue weighted by atomic mass is 9.98. The zero-order chi connectivity index (χ0) is 14.8. The molecule has 0 bridgehead atoms. The van der Waals surface area contributed by atoms with E-state index in [0.29, 0.717) is 0 Å². The maximum absolute atomic E-state index is 5.97. The van der Waals surface area contributed by atoms with Crippen molar-refractivity contribution in [2.75, 3.05) is 7.11 Å². The SMILES string of the molecule is COc1ccc(C(Br)c2ccc(Cl)cc2)c2ccccc12. The Morgan fingerprint density at radius 1 is 0.905 bits per heavy atom. The van der Waals surface area contributed by atoms with Crippen LogP contribution >= 0.6 is 27.5 Å². The van der Waals surface area contributed by atoms with Crippen LogP contribution in [0.25, 0.3) is 10.8 Å². The van der Waals surface area contributed by atoms with Crippen molar-refractivity contribution in [3.05, 3.63) is 76.8 Å². The first-order valence-electron chi connectivity index (χ1n) is 6.66. The summed E-state index contributed by atoms with van der Waals surface area (Å²) in [6, 6.07) is 20.3. The van der Waals surface area contributed by atoms with E-state index in [-0.39, 0.29) is 4.83 Å². The van der Waals surface area contributed by atoms with Crippen LogP contribution in [0.5, 0.6) is 5.75 Å². The summed E-state index contributed by atoms with van der Waals surface area (Å²) in [5.41, 5.74) is 2.39. The minimum atomic E-state index is 0.116. The van der Waals surface area contributed by atoms with E-state index in [1.54, 1.807) is 7.11 Å². The van der Waals surface area contributed by atoms with Gasteiger partial charge in [-0.05, 0) is 34.7 Å². The monoisotopic (exact) mass is 360 g/mol. The molecule has 1 atom stereocenters. The lowest BCUT2D eigenvalue weighted by Gasteiger charge is -2.15. The summed E-state index contributed by atoms with van der Waals surface area (Å²) in [4.78, 5) is 0.116. The molecule has 0 amide bonds. The second-order valence-electron chi connectivity index (χ2n) is 4.82. The third kappa shape index (κ3) is 2.78. The van der Waals surface area contributed by atoms with Crippen molar-refractivity contribution in [2.24, 2.45) is 0 Å². The summed E-state index contributed by atoms with van der Waals surface area (Å²) >= 11 is 9.77. The Hall–Kier alpha value is -1.51. The van der Waals surface area contributed by atoms with Crippen molar-refractivity contribution in [3.8, 4) is 5.75 Å².